The molecule has 4 aromatic rings. The zero-order valence-electron chi connectivity index (χ0n) is 17.4. The highest BCUT2D eigenvalue weighted by molar-refractivity contribution is 7.80. The van der Waals surface area contributed by atoms with Crippen LogP contribution in [0.3, 0.4) is 0 Å². The first-order chi connectivity index (χ1) is 14.5. The van der Waals surface area contributed by atoms with Gasteiger partial charge in [0.1, 0.15) is 5.82 Å². The average Bonchev–Trinajstić information content (AvgIpc) is 3.39. The quantitative estimate of drug-likeness (QED) is 0.462. The summed E-state index contributed by atoms with van der Waals surface area (Å²) in [5.74, 6) is 3.15. The summed E-state index contributed by atoms with van der Waals surface area (Å²) in [4.78, 5) is 4.77. The first-order valence-electron chi connectivity index (χ1n) is 9.94. The topological polar surface area (TPSA) is 85.2 Å². The van der Waals surface area contributed by atoms with Gasteiger partial charge in [-0.15, -0.1) is 10.2 Å². The van der Waals surface area contributed by atoms with E-state index in [1.165, 1.54) is 5.56 Å². The molecule has 2 aromatic heterocycles. The second-order valence-electron chi connectivity index (χ2n) is 8.16. The molecule has 0 atom stereocenters. The van der Waals surface area contributed by atoms with E-state index in [-0.39, 0.29) is 5.54 Å². The summed E-state index contributed by atoms with van der Waals surface area (Å²) < 4.78 is 2.03. The molecule has 0 aliphatic heterocycles. The lowest BCUT2D eigenvalue weighted by Crippen LogP contribution is -2.25. The second kappa shape index (κ2) is 8.39. The van der Waals surface area contributed by atoms with Crippen molar-refractivity contribution in [2.24, 2.45) is 0 Å². The highest BCUT2D eigenvalue weighted by atomic mass is 32.1. The number of nitrogens with one attached hydrogen (secondary N) is 1. The third-order valence-corrected chi connectivity index (χ3v) is 5.05. The Bertz CT molecular complexity index is 1110. The molecule has 0 radical (unpaired) electrons. The van der Waals surface area contributed by atoms with Crippen LogP contribution >= 0.6 is 12.6 Å². The maximum Gasteiger partial charge on any atom is 0.205 e. The predicted octanol–water partition coefficient (Wildman–Crippen LogP) is 3.94. The summed E-state index contributed by atoms with van der Waals surface area (Å²) in [6.07, 6.45) is 1.49. The van der Waals surface area contributed by atoms with Crippen molar-refractivity contribution in [3.8, 4) is 22.5 Å². The van der Waals surface area contributed by atoms with Crippen LogP contribution < -0.4 is 0 Å². The number of benzene rings is 2. The van der Waals surface area contributed by atoms with Gasteiger partial charge in [-0.25, -0.2) is 9.67 Å². The Labute approximate surface area is 181 Å². The van der Waals surface area contributed by atoms with Crippen LogP contribution in [0.5, 0.6) is 0 Å². The normalized spacial score (nSPS) is 11.7. The molecule has 0 saturated heterocycles. The first-order valence-corrected chi connectivity index (χ1v) is 10.6. The highest BCUT2D eigenvalue weighted by Gasteiger charge is 2.21. The number of aromatic nitrogens is 7. The molecule has 0 amide bonds. The Hall–Kier alpha value is -3.00. The van der Waals surface area contributed by atoms with E-state index < -0.39 is 0 Å². The molecule has 0 aliphatic rings. The highest BCUT2D eigenvalue weighted by Crippen LogP contribution is 2.30. The number of hydrogen-bond acceptors (Lipinski definition) is 6. The molecule has 7 nitrogen and oxygen atoms in total. The molecular weight excluding hydrogens is 394 g/mol. The van der Waals surface area contributed by atoms with Crippen molar-refractivity contribution in [2.75, 3.05) is 5.75 Å². The maximum absolute atomic E-state index is 4.77. The molecule has 4 rings (SSSR count). The number of aromatic amines is 1. The third kappa shape index (κ3) is 4.28. The zero-order chi connectivity index (χ0) is 21.1. The van der Waals surface area contributed by atoms with Crippen molar-refractivity contribution >= 4 is 12.6 Å². The van der Waals surface area contributed by atoms with E-state index in [0.717, 1.165) is 46.9 Å². The molecule has 1 N–H and O–H groups in total. The van der Waals surface area contributed by atoms with Crippen LogP contribution in [0.15, 0.2) is 48.5 Å². The van der Waals surface area contributed by atoms with Gasteiger partial charge in [0.25, 0.3) is 0 Å². The minimum absolute atomic E-state index is 0.124. The van der Waals surface area contributed by atoms with Gasteiger partial charge in [-0.05, 0) is 48.4 Å². The Morgan fingerprint density at radius 2 is 1.73 bits per heavy atom. The summed E-state index contributed by atoms with van der Waals surface area (Å²) in [5, 5.41) is 19.2. The van der Waals surface area contributed by atoms with Gasteiger partial charge < -0.3 is 0 Å². The van der Waals surface area contributed by atoms with Crippen molar-refractivity contribution in [3.63, 3.8) is 0 Å². The van der Waals surface area contributed by atoms with Crippen LogP contribution in [0.1, 0.15) is 38.0 Å². The molecule has 154 valence electrons. The van der Waals surface area contributed by atoms with E-state index in [1.807, 2.05) is 22.9 Å². The summed E-state index contributed by atoms with van der Waals surface area (Å²) in [6, 6.07) is 16.6. The fourth-order valence-corrected chi connectivity index (χ4v) is 3.64. The van der Waals surface area contributed by atoms with Crippen molar-refractivity contribution in [1.82, 2.24) is 35.4 Å². The molecule has 0 spiro atoms. The zero-order valence-corrected chi connectivity index (χ0v) is 18.3. The number of nitrogens with zero attached hydrogens (tertiary/aromatic N) is 6. The molecular formula is C22H25N7S. The van der Waals surface area contributed by atoms with E-state index in [1.54, 1.807) is 0 Å². The SMILES string of the molecule is CC(C)(C)n1nc(CCS)nc1Cc1ccc(-c2ccccc2-c2nn[nH]n2)cc1. The number of tetrazole rings is 1. The van der Waals surface area contributed by atoms with Gasteiger partial charge in [-0.2, -0.15) is 22.9 Å². The lowest BCUT2D eigenvalue weighted by molar-refractivity contribution is 0.342. The minimum Gasteiger partial charge on any atom is -0.244 e. The largest absolute Gasteiger partial charge is 0.244 e. The molecule has 30 heavy (non-hydrogen) atoms. The van der Waals surface area contributed by atoms with Crippen LogP contribution in [0.4, 0.5) is 0 Å². The van der Waals surface area contributed by atoms with Gasteiger partial charge in [0, 0.05) is 18.4 Å². The van der Waals surface area contributed by atoms with E-state index >= 15 is 0 Å². The Morgan fingerprint density at radius 3 is 2.37 bits per heavy atom. The fraction of sp³-hybridized carbons (Fsp3) is 0.318. The lowest BCUT2D eigenvalue weighted by Gasteiger charge is -2.21. The van der Waals surface area contributed by atoms with E-state index in [9.17, 15) is 0 Å². The maximum atomic E-state index is 4.77. The lowest BCUT2D eigenvalue weighted by atomic mass is 9.97. The molecule has 0 bridgehead atoms. The average molecular weight is 420 g/mol. The molecule has 0 fully saturated rings. The molecule has 2 aromatic carbocycles. The predicted molar refractivity (Wildman–Crippen MR) is 120 cm³/mol. The van der Waals surface area contributed by atoms with Gasteiger partial charge in [-0.1, -0.05) is 48.5 Å². The summed E-state index contributed by atoms with van der Waals surface area (Å²) >= 11 is 4.32. The smallest absolute Gasteiger partial charge is 0.205 e. The van der Waals surface area contributed by atoms with Crippen molar-refractivity contribution in [3.05, 3.63) is 65.7 Å². The van der Waals surface area contributed by atoms with Crippen LogP contribution in [-0.4, -0.2) is 41.1 Å². The second-order valence-corrected chi connectivity index (χ2v) is 8.60. The Morgan fingerprint density at radius 1 is 1.00 bits per heavy atom. The van der Waals surface area contributed by atoms with Crippen LogP contribution in [-0.2, 0) is 18.4 Å². The van der Waals surface area contributed by atoms with E-state index in [2.05, 4.69) is 84.4 Å². The summed E-state index contributed by atoms with van der Waals surface area (Å²) in [7, 11) is 0. The number of thiol groups is 1. The fourth-order valence-electron chi connectivity index (χ4n) is 3.44. The van der Waals surface area contributed by atoms with Gasteiger partial charge in [-0.3, -0.25) is 0 Å². The molecule has 8 heteroatoms. The van der Waals surface area contributed by atoms with Crippen LogP contribution in [0.2, 0.25) is 0 Å². The number of hydrogen-bond donors (Lipinski definition) is 2. The molecule has 0 saturated carbocycles. The summed E-state index contributed by atoms with van der Waals surface area (Å²) in [6.45, 7) is 6.44. The standard InChI is InChI=1S/C22H25N7S/c1-22(2,3)29-20(23-19(26-29)12-13-30)14-15-8-10-16(11-9-15)17-6-4-5-7-18(17)21-24-27-28-25-21/h4-11,30H,12-14H2,1-3H3,(H,24,25,27,28). The summed E-state index contributed by atoms with van der Waals surface area (Å²) in [5.41, 5.74) is 4.18. The number of H-pyrrole nitrogens is 1. The molecule has 0 unspecified atom stereocenters. The van der Waals surface area contributed by atoms with Gasteiger partial charge in [0.15, 0.2) is 5.82 Å². The van der Waals surface area contributed by atoms with Crippen LogP contribution in [0.25, 0.3) is 22.5 Å². The number of aryl methyl sites for hydroxylation is 1. The first kappa shape index (κ1) is 20.3. The van der Waals surface area contributed by atoms with Crippen molar-refractivity contribution in [2.45, 2.75) is 39.2 Å². The third-order valence-electron chi connectivity index (χ3n) is 4.83. The van der Waals surface area contributed by atoms with Crippen molar-refractivity contribution < 1.29 is 0 Å². The Balaban J connectivity index is 1.62. The van der Waals surface area contributed by atoms with E-state index in [4.69, 9.17) is 10.1 Å². The van der Waals surface area contributed by atoms with Gasteiger partial charge in [0.2, 0.25) is 5.82 Å². The number of rotatable bonds is 6. The van der Waals surface area contributed by atoms with E-state index in [0.29, 0.717) is 5.82 Å². The Kier molecular flexibility index (Phi) is 5.67. The minimum atomic E-state index is -0.124. The molecule has 2 heterocycles. The van der Waals surface area contributed by atoms with Gasteiger partial charge >= 0.3 is 0 Å². The van der Waals surface area contributed by atoms with Gasteiger partial charge in [0.05, 0.1) is 5.54 Å². The van der Waals surface area contributed by atoms with Crippen LogP contribution in [0, 0.1) is 0 Å². The van der Waals surface area contributed by atoms with Crippen molar-refractivity contribution in [1.29, 1.82) is 0 Å². The monoisotopic (exact) mass is 419 g/mol. The molecule has 0 aliphatic carbocycles.